The highest BCUT2D eigenvalue weighted by atomic mass is 16.1. The van der Waals surface area contributed by atoms with Gasteiger partial charge in [0.15, 0.2) is 0 Å². The molecule has 0 aliphatic heterocycles. The molecule has 1 amide bonds. The molecular formula is C13H28N2O. The van der Waals surface area contributed by atoms with E-state index in [4.69, 9.17) is 5.73 Å². The van der Waals surface area contributed by atoms with Crippen molar-refractivity contribution >= 4 is 5.91 Å². The normalized spacial score (nSPS) is 14.9. The lowest BCUT2D eigenvalue weighted by molar-refractivity contribution is -0.122. The van der Waals surface area contributed by atoms with Gasteiger partial charge in [-0.2, -0.15) is 0 Å². The van der Waals surface area contributed by atoms with Crippen molar-refractivity contribution in [3.8, 4) is 0 Å². The third-order valence-corrected chi connectivity index (χ3v) is 3.20. The second kappa shape index (κ2) is 8.57. The lowest BCUT2D eigenvalue weighted by Gasteiger charge is -2.19. The van der Waals surface area contributed by atoms with Gasteiger partial charge in [0.25, 0.3) is 0 Å². The van der Waals surface area contributed by atoms with Crippen LogP contribution in [0.15, 0.2) is 0 Å². The number of carbonyl (C=O) groups excluding carboxylic acids is 1. The molecule has 2 unspecified atom stereocenters. The largest absolute Gasteiger partial charge is 0.352 e. The minimum Gasteiger partial charge on any atom is -0.352 e. The fourth-order valence-electron chi connectivity index (χ4n) is 1.51. The van der Waals surface area contributed by atoms with Crippen LogP contribution in [0.3, 0.4) is 0 Å². The molecule has 0 fully saturated rings. The van der Waals surface area contributed by atoms with Crippen LogP contribution in [0.25, 0.3) is 0 Å². The Morgan fingerprint density at radius 3 is 2.38 bits per heavy atom. The summed E-state index contributed by atoms with van der Waals surface area (Å²) < 4.78 is 0. The minimum atomic E-state index is 0.146. The molecule has 16 heavy (non-hydrogen) atoms. The number of unbranched alkanes of at least 4 members (excludes halogenated alkanes) is 1. The molecule has 0 saturated heterocycles. The molecule has 0 aliphatic carbocycles. The first-order chi connectivity index (χ1) is 7.51. The summed E-state index contributed by atoms with van der Waals surface area (Å²) in [5.41, 5.74) is 5.64. The Hall–Kier alpha value is -0.570. The molecule has 0 aromatic carbocycles. The summed E-state index contributed by atoms with van der Waals surface area (Å²) in [6.45, 7) is 9.11. The first-order valence-electron chi connectivity index (χ1n) is 6.50. The SMILES string of the molecule is CCCCC(CN)NC(=O)CC(C)C(C)C. The van der Waals surface area contributed by atoms with Crippen LogP contribution < -0.4 is 11.1 Å². The van der Waals surface area contributed by atoms with Gasteiger partial charge in [0.2, 0.25) is 5.91 Å². The van der Waals surface area contributed by atoms with E-state index in [1.54, 1.807) is 0 Å². The highest BCUT2D eigenvalue weighted by molar-refractivity contribution is 5.76. The third-order valence-electron chi connectivity index (χ3n) is 3.20. The molecule has 3 heteroatoms. The van der Waals surface area contributed by atoms with Gasteiger partial charge in [0.1, 0.15) is 0 Å². The van der Waals surface area contributed by atoms with E-state index in [9.17, 15) is 4.79 Å². The fraction of sp³-hybridized carbons (Fsp3) is 0.923. The number of amides is 1. The predicted molar refractivity (Wildman–Crippen MR) is 69.1 cm³/mol. The van der Waals surface area contributed by atoms with Crippen molar-refractivity contribution in [2.24, 2.45) is 17.6 Å². The van der Waals surface area contributed by atoms with Crippen LogP contribution in [0.5, 0.6) is 0 Å². The highest BCUT2D eigenvalue weighted by Crippen LogP contribution is 2.13. The molecule has 2 atom stereocenters. The van der Waals surface area contributed by atoms with E-state index in [2.05, 4.69) is 33.0 Å². The topological polar surface area (TPSA) is 55.1 Å². The van der Waals surface area contributed by atoms with Crippen LogP contribution >= 0.6 is 0 Å². The smallest absolute Gasteiger partial charge is 0.220 e. The maximum Gasteiger partial charge on any atom is 0.220 e. The molecule has 3 N–H and O–H groups in total. The standard InChI is InChI=1S/C13H28N2O/c1-5-6-7-12(9-14)15-13(16)8-11(4)10(2)3/h10-12H,5-9,14H2,1-4H3,(H,15,16). The molecule has 0 spiro atoms. The Morgan fingerprint density at radius 1 is 1.31 bits per heavy atom. The van der Waals surface area contributed by atoms with Gasteiger partial charge in [-0.05, 0) is 18.3 Å². The zero-order valence-electron chi connectivity index (χ0n) is 11.3. The summed E-state index contributed by atoms with van der Waals surface area (Å²) in [5, 5.41) is 3.02. The Kier molecular flexibility index (Phi) is 8.26. The van der Waals surface area contributed by atoms with Crippen LogP contribution in [0.1, 0.15) is 53.4 Å². The van der Waals surface area contributed by atoms with Crippen LogP contribution in [0, 0.1) is 11.8 Å². The second-order valence-electron chi connectivity index (χ2n) is 5.07. The van der Waals surface area contributed by atoms with Crippen LogP contribution in [-0.4, -0.2) is 18.5 Å². The lowest BCUT2D eigenvalue weighted by atomic mass is 9.94. The van der Waals surface area contributed by atoms with Crippen molar-refractivity contribution in [3.63, 3.8) is 0 Å². The molecule has 0 rings (SSSR count). The Bertz CT molecular complexity index is 192. The maximum atomic E-state index is 11.7. The van der Waals surface area contributed by atoms with Crippen molar-refractivity contribution in [1.29, 1.82) is 0 Å². The van der Waals surface area contributed by atoms with Gasteiger partial charge >= 0.3 is 0 Å². The van der Waals surface area contributed by atoms with Gasteiger partial charge in [-0.15, -0.1) is 0 Å². The van der Waals surface area contributed by atoms with Crippen molar-refractivity contribution in [2.45, 2.75) is 59.4 Å². The fourth-order valence-corrected chi connectivity index (χ4v) is 1.51. The van der Waals surface area contributed by atoms with Crippen LogP contribution in [-0.2, 0) is 4.79 Å². The summed E-state index contributed by atoms with van der Waals surface area (Å²) in [6, 6.07) is 0.159. The van der Waals surface area contributed by atoms with E-state index in [1.165, 1.54) is 0 Å². The number of hydrogen-bond acceptors (Lipinski definition) is 2. The zero-order chi connectivity index (χ0) is 12.6. The van der Waals surface area contributed by atoms with E-state index < -0.39 is 0 Å². The molecule has 96 valence electrons. The Labute approximate surface area is 100 Å². The summed E-state index contributed by atoms with van der Waals surface area (Å²) in [6.07, 6.45) is 3.88. The van der Waals surface area contributed by atoms with Gasteiger partial charge in [-0.3, -0.25) is 4.79 Å². The van der Waals surface area contributed by atoms with E-state index in [0.717, 1.165) is 19.3 Å². The van der Waals surface area contributed by atoms with E-state index in [1.807, 2.05) is 0 Å². The zero-order valence-corrected chi connectivity index (χ0v) is 11.3. The predicted octanol–water partition coefficient (Wildman–Crippen LogP) is 2.30. The average Bonchev–Trinajstić information content (AvgIpc) is 2.23. The van der Waals surface area contributed by atoms with E-state index in [0.29, 0.717) is 24.8 Å². The Morgan fingerprint density at radius 2 is 1.94 bits per heavy atom. The van der Waals surface area contributed by atoms with Gasteiger partial charge in [0, 0.05) is 19.0 Å². The summed E-state index contributed by atoms with van der Waals surface area (Å²) in [5.74, 6) is 1.13. The number of rotatable bonds is 8. The van der Waals surface area contributed by atoms with Crippen LogP contribution in [0.4, 0.5) is 0 Å². The quantitative estimate of drug-likeness (QED) is 0.670. The first-order valence-corrected chi connectivity index (χ1v) is 6.50. The molecule has 3 nitrogen and oxygen atoms in total. The molecular weight excluding hydrogens is 200 g/mol. The number of nitrogens with two attached hydrogens (primary N) is 1. The average molecular weight is 228 g/mol. The monoisotopic (exact) mass is 228 g/mol. The van der Waals surface area contributed by atoms with Crippen molar-refractivity contribution in [1.82, 2.24) is 5.32 Å². The van der Waals surface area contributed by atoms with Crippen molar-refractivity contribution in [2.75, 3.05) is 6.54 Å². The number of nitrogens with one attached hydrogen (secondary N) is 1. The molecule has 0 bridgehead atoms. The summed E-state index contributed by atoms with van der Waals surface area (Å²) in [4.78, 5) is 11.7. The third kappa shape index (κ3) is 6.83. The molecule has 0 aromatic heterocycles. The van der Waals surface area contributed by atoms with Crippen molar-refractivity contribution < 1.29 is 4.79 Å². The lowest BCUT2D eigenvalue weighted by Crippen LogP contribution is -2.40. The highest BCUT2D eigenvalue weighted by Gasteiger charge is 2.15. The van der Waals surface area contributed by atoms with E-state index >= 15 is 0 Å². The molecule has 0 saturated carbocycles. The minimum absolute atomic E-state index is 0.146. The van der Waals surface area contributed by atoms with Crippen LogP contribution in [0.2, 0.25) is 0 Å². The van der Waals surface area contributed by atoms with Gasteiger partial charge < -0.3 is 11.1 Å². The molecule has 0 aliphatic rings. The Balaban J connectivity index is 3.91. The molecule has 0 radical (unpaired) electrons. The number of hydrogen-bond donors (Lipinski definition) is 2. The van der Waals surface area contributed by atoms with E-state index in [-0.39, 0.29) is 11.9 Å². The summed E-state index contributed by atoms with van der Waals surface area (Å²) >= 11 is 0. The number of carbonyl (C=O) groups is 1. The van der Waals surface area contributed by atoms with Gasteiger partial charge in [-0.25, -0.2) is 0 Å². The second-order valence-corrected chi connectivity index (χ2v) is 5.07. The molecule has 0 heterocycles. The summed E-state index contributed by atoms with van der Waals surface area (Å²) in [7, 11) is 0. The van der Waals surface area contributed by atoms with Gasteiger partial charge in [-0.1, -0.05) is 40.5 Å². The first kappa shape index (κ1) is 15.4. The van der Waals surface area contributed by atoms with Gasteiger partial charge in [0.05, 0.1) is 0 Å². The molecule has 0 aromatic rings. The maximum absolute atomic E-state index is 11.7. The van der Waals surface area contributed by atoms with Crippen molar-refractivity contribution in [3.05, 3.63) is 0 Å².